The van der Waals surface area contributed by atoms with Gasteiger partial charge in [0.1, 0.15) is 0 Å². The monoisotopic (exact) mass is 312 g/mol. The molecule has 0 aliphatic rings. The molecule has 0 saturated carbocycles. The van der Waals surface area contributed by atoms with Gasteiger partial charge in [-0.1, -0.05) is 97.1 Å². The number of hydrogen-bond acceptors (Lipinski definition) is 0. The van der Waals surface area contributed by atoms with Gasteiger partial charge in [0.05, 0.1) is 0 Å². The first-order valence-corrected chi connectivity index (χ1v) is 6.81. The fraction of sp³-hybridized carbons (Fsp3) is 0. The number of hydrogen-bond donors (Lipinski definition) is 0. The molecule has 0 radical (unpaired) electrons. The van der Waals surface area contributed by atoms with Gasteiger partial charge in [0, 0.05) is 0 Å². The largest absolute Gasteiger partial charge is 2.00 e. The van der Waals surface area contributed by atoms with Gasteiger partial charge in [-0.2, -0.15) is 0 Å². The molecule has 4 aromatic carbocycles. The molecule has 21 heavy (non-hydrogen) atoms. The second-order valence-electron chi connectivity index (χ2n) is 4.69. The van der Waals surface area contributed by atoms with Crippen molar-refractivity contribution in [2.75, 3.05) is 0 Å². The van der Waals surface area contributed by atoms with Gasteiger partial charge in [-0.3, -0.25) is 0 Å². The molecule has 102 valence electrons. The molecule has 0 atom stereocenters. The first-order valence-electron chi connectivity index (χ1n) is 6.81. The molecular weight excluding hydrogens is 296 g/mol. The van der Waals surface area contributed by atoms with Crippen LogP contribution in [0.5, 0.6) is 0 Å². The Morgan fingerprint density at radius 1 is 0.286 bits per heavy atom. The van der Waals surface area contributed by atoms with Gasteiger partial charge in [-0.25, -0.2) is 0 Å². The summed E-state index contributed by atoms with van der Waals surface area (Å²) in [5, 5.41) is 5.24. The molecule has 0 fully saturated rings. The van der Waals surface area contributed by atoms with Crippen molar-refractivity contribution in [2.24, 2.45) is 0 Å². The van der Waals surface area contributed by atoms with Crippen LogP contribution in [-0.2, 0) is 17.1 Å². The molecule has 0 spiro atoms. The Labute approximate surface area is 135 Å². The molecule has 0 aromatic heterocycles. The Hall–Kier alpha value is -2.08. The zero-order valence-corrected chi connectivity index (χ0v) is 12.7. The van der Waals surface area contributed by atoms with Crippen LogP contribution in [0.3, 0.4) is 0 Å². The van der Waals surface area contributed by atoms with Crippen LogP contribution in [0.15, 0.2) is 97.1 Å². The second kappa shape index (κ2) is 7.64. The van der Waals surface area contributed by atoms with Crippen LogP contribution in [0.2, 0.25) is 0 Å². The van der Waals surface area contributed by atoms with Crippen LogP contribution in [0.1, 0.15) is 0 Å². The van der Waals surface area contributed by atoms with Crippen molar-refractivity contribution in [1.82, 2.24) is 0 Å². The summed E-state index contributed by atoms with van der Waals surface area (Å²) in [7, 11) is 0. The Bertz CT molecular complexity index is 619. The van der Waals surface area contributed by atoms with Crippen LogP contribution < -0.4 is 0 Å². The maximum Gasteiger partial charge on any atom is 2.00 e. The van der Waals surface area contributed by atoms with Gasteiger partial charge < -0.3 is 0 Å². The van der Waals surface area contributed by atoms with Crippen molar-refractivity contribution in [1.29, 1.82) is 0 Å². The average molecular weight is 312 g/mol. The van der Waals surface area contributed by atoms with Crippen LogP contribution >= 0.6 is 0 Å². The molecule has 1 heteroatoms. The maximum atomic E-state index is 2.12. The van der Waals surface area contributed by atoms with E-state index in [9.17, 15) is 0 Å². The van der Waals surface area contributed by atoms with E-state index in [1.165, 1.54) is 21.5 Å². The summed E-state index contributed by atoms with van der Waals surface area (Å²) >= 11 is 0. The predicted molar refractivity (Wildman–Crippen MR) is 87.9 cm³/mol. The molecule has 0 N–H and O–H groups in total. The van der Waals surface area contributed by atoms with Crippen LogP contribution in [0.4, 0.5) is 0 Å². The number of fused-ring (bicyclic) bond motifs is 2. The van der Waals surface area contributed by atoms with Gasteiger partial charge in [-0.15, -0.1) is 0 Å². The van der Waals surface area contributed by atoms with Crippen molar-refractivity contribution in [3.05, 3.63) is 97.1 Å². The minimum atomic E-state index is 0. The molecule has 4 aromatic rings. The quantitative estimate of drug-likeness (QED) is 0.367. The van der Waals surface area contributed by atoms with Crippen molar-refractivity contribution in [2.45, 2.75) is 0 Å². The molecule has 0 amide bonds. The van der Waals surface area contributed by atoms with Crippen LogP contribution in [0.25, 0.3) is 21.5 Å². The van der Waals surface area contributed by atoms with E-state index in [0.717, 1.165) is 0 Å². The third kappa shape index (κ3) is 3.95. The Morgan fingerprint density at radius 3 is 0.571 bits per heavy atom. The smallest absolute Gasteiger partial charge is 0.0616 e. The summed E-state index contributed by atoms with van der Waals surface area (Å²) in [6.07, 6.45) is 0. The molecule has 0 heterocycles. The van der Waals surface area contributed by atoms with Crippen LogP contribution in [0, 0.1) is 0 Å². The van der Waals surface area contributed by atoms with Crippen molar-refractivity contribution in [3.8, 4) is 0 Å². The van der Waals surface area contributed by atoms with E-state index in [1.807, 2.05) is 0 Å². The standard InChI is InChI=1S/2C10H8.Fe/c2*1-2-6-10-8-4-3-7-9(10)5-1;/h2*1-8H;/q;;+2. The first-order chi connectivity index (χ1) is 9.93. The summed E-state index contributed by atoms with van der Waals surface area (Å²) in [6, 6.07) is 33.4. The van der Waals surface area contributed by atoms with E-state index in [2.05, 4.69) is 97.1 Å². The third-order valence-electron chi connectivity index (χ3n) is 3.32. The van der Waals surface area contributed by atoms with Gasteiger partial charge in [0.15, 0.2) is 0 Å². The van der Waals surface area contributed by atoms with Crippen LogP contribution in [-0.4, -0.2) is 0 Å². The summed E-state index contributed by atoms with van der Waals surface area (Å²) in [4.78, 5) is 0. The van der Waals surface area contributed by atoms with Crippen molar-refractivity contribution >= 4 is 21.5 Å². The zero-order chi connectivity index (χ0) is 13.6. The molecule has 0 saturated heterocycles. The van der Waals surface area contributed by atoms with E-state index in [0.29, 0.717) is 0 Å². The third-order valence-corrected chi connectivity index (χ3v) is 3.32. The summed E-state index contributed by atoms with van der Waals surface area (Å²) < 4.78 is 0. The Morgan fingerprint density at radius 2 is 0.429 bits per heavy atom. The van der Waals surface area contributed by atoms with Gasteiger partial charge in [0.25, 0.3) is 0 Å². The maximum absolute atomic E-state index is 2.12. The van der Waals surface area contributed by atoms with Gasteiger partial charge in [0.2, 0.25) is 0 Å². The summed E-state index contributed by atoms with van der Waals surface area (Å²) in [5.41, 5.74) is 0. The molecule has 0 unspecified atom stereocenters. The fourth-order valence-electron chi connectivity index (χ4n) is 2.27. The summed E-state index contributed by atoms with van der Waals surface area (Å²) in [6.45, 7) is 0. The molecule has 0 aliphatic carbocycles. The average Bonchev–Trinajstić information content (AvgIpc) is 2.56. The van der Waals surface area contributed by atoms with Gasteiger partial charge in [-0.05, 0) is 21.5 Å². The molecular formula is C20H16Fe+2. The SMILES string of the molecule is [Fe+2].c1ccc2ccccc2c1.c1ccc2ccccc2c1. The second-order valence-corrected chi connectivity index (χ2v) is 4.69. The predicted octanol–water partition coefficient (Wildman–Crippen LogP) is 5.68. The number of rotatable bonds is 0. The van der Waals surface area contributed by atoms with E-state index in [-0.39, 0.29) is 17.1 Å². The minimum Gasteiger partial charge on any atom is -0.0616 e. The minimum absolute atomic E-state index is 0. The van der Waals surface area contributed by atoms with Crippen molar-refractivity contribution < 1.29 is 17.1 Å². The fourth-order valence-corrected chi connectivity index (χ4v) is 2.27. The topological polar surface area (TPSA) is 0 Å². The molecule has 0 nitrogen and oxygen atoms in total. The van der Waals surface area contributed by atoms with Gasteiger partial charge >= 0.3 is 17.1 Å². The van der Waals surface area contributed by atoms with E-state index in [1.54, 1.807) is 0 Å². The molecule has 0 bridgehead atoms. The molecule has 4 rings (SSSR count). The Balaban J connectivity index is 0.000000147. The first kappa shape index (κ1) is 15.3. The Kier molecular flexibility index (Phi) is 5.57. The zero-order valence-electron chi connectivity index (χ0n) is 11.6. The van der Waals surface area contributed by atoms with E-state index in [4.69, 9.17) is 0 Å². The molecule has 0 aliphatic heterocycles. The summed E-state index contributed by atoms with van der Waals surface area (Å²) in [5.74, 6) is 0. The van der Waals surface area contributed by atoms with E-state index >= 15 is 0 Å². The van der Waals surface area contributed by atoms with E-state index < -0.39 is 0 Å². The number of benzene rings is 4. The normalized spacial score (nSPS) is 9.52. The van der Waals surface area contributed by atoms with Crippen molar-refractivity contribution in [3.63, 3.8) is 0 Å².